The molecular weight excluding hydrogens is 1080 g/mol. The van der Waals surface area contributed by atoms with Gasteiger partial charge in [-0.15, -0.1) is 0 Å². The van der Waals surface area contributed by atoms with Gasteiger partial charge in [-0.2, -0.15) is 0 Å². The van der Waals surface area contributed by atoms with E-state index in [9.17, 15) is 38.4 Å². The number of benzene rings is 1. The van der Waals surface area contributed by atoms with Crippen molar-refractivity contribution >= 4 is 65.0 Å². The predicted octanol–water partition coefficient (Wildman–Crippen LogP) is 3.15. The van der Waals surface area contributed by atoms with Gasteiger partial charge in [0, 0.05) is 53.7 Å². The Labute approximate surface area is 498 Å². The minimum atomic E-state index is -1.53. The number of rotatable bonds is 12. The molecule has 0 spiro atoms. The first-order valence-electron chi connectivity index (χ1n) is 29.7. The van der Waals surface area contributed by atoms with Crippen molar-refractivity contribution in [3.63, 3.8) is 0 Å². The number of esters is 1. The normalized spacial score (nSPS) is 26.2. The molecule has 23 nitrogen and oxygen atoms in total. The fraction of sp³-hybridized carbons (Fsp3) is 0.721. The smallest absolute Gasteiger partial charge is 0.329 e. The number of methoxy groups -OCH3 is 1. The molecule has 0 bridgehead atoms. The highest BCUT2D eigenvalue weighted by atomic mass is 16.5. The molecule has 0 aromatic heterocycles. The molecule has 0 radical (unpaired) electrons. The molecule has 1 aromatic rings. The van der Waals surface area contributed by atoms with Crippen LogP contribution in [0.4, 0.5) is 0 Å². The van der Waals surface area contributed by atoms with Crippen LogP contribution in [0.1, 0.15) is 141 Å². The van der Waals surface area contributed by atoms with Gasteiger partial charge >= 0.3 is 5.97 Å². The topological polar surface area (TPSA) is 274 Å². The summed E-state index contributed by atoms with van der Waals surface area (Å²) in [5, 5.41) is 11.2. The van der Waals surface area contributed by atoms with Crippen LogP contribution in [0.15, 0.2) is 24.3 Å². The van der Waals surface area contributed by atoms with Gasteiger partial charge in [-0.1, -0.05) is 94.2 Å². The molecule has 0 saturated carbocycles. The van der Waals surface area contributed by atoms with E-state index in [1.807, 2.05) is 13.8 Å². The van der Waals surface area contributed by atoms with Crippen LogP contribution >= 0.6 is 0 Å². The van der Waals surface area contributed by atoms with Crippen molar-refractivity contribution in [1.29, 1.82) is 0 Å². The third-order valence-corrected chi connectivity index (χ3v) is 16.3. The molecule has 1 aromatic carbocycles. The second-order valence-corrected chi connectivity index (χ2v) is 25.0. The van der Waals surface area contributed by atoms with Gasteiger partial charge in [0.25, 0.3) is 5.91 Å². The molecule has 84 heavy (non-hydrogen) atoms. The highest BCUT2D eigenvalue weighted by Gasteiger charge is 2.46. The van der Waals surface area contributed by atoms with Crippen LogP contribution in [0.2, 0.25) is 0 Å². The zero-order chi connectivity index (χ0) is 64.0. The SMILES string of the molecule is CC[C@@H](C)[C@H]1C(=O)NCC(=O)N(C)[C@@H](C(C)C)C(=O)N[C@@H](Cc2ccc(OC)cc2)C(=O)O[C@H](C)C(=O)N2CCCC[C@H]2C(=O)N(C)[C@@H](C(C)C)C(=O)N[C@@H](C(C)C)C(=O)N(C)[C@H](CC(=O)NC(C)(C)C)C(=O)N(C)[C@@H]([C@@H](C)CC)C(=O)N1C. The number of carbonyl (C=O) groups is 11. The molecular formula is C61H100N10O13. The number of amides is 10. The highest BCUT2D eigenvalue weighted by Crippen LogP contribution is 2.27. The van der Waals surface area contributed by atoms with Gasteiger partial charge in [-0.3, -0.25) is 47.9 Å². The fourth-order valence-electron chi connectivity index (χ4n) is 11.1. The van der Waals surface area contributed by atoms with Gasteiger partial charge in [0.1, 0.15) is 54.1 Å². The third-order valence-electron chi connectivity index (χ3n) is 16.3. The van der Waals surface area contributed by atoms with E-state index in [-0.39, 0.29) is 19.4 Å². The molecule has 10 amide bonds. The molecule has 472 valence electrons. The molecule has 0 unspecified atom stereocenters. The highest BCUT2D eigenvalue weighted by molar-refractivity contribution is 6.00. The van der Waals surface area contributed by atoms with Crippen molar-refractivity contribution in [1.82, 2.24) is 50.7 Å². The summed E-state index contributed by atoms with van der Waals surface area (Å²) in [4.78, 5) is 168. The second-order valence-electron chi connectivity index (χ2n) is 25.0. The molecule has 0 aliphatic carbocycles. The van der Waals surface area contributed by atoms with Gasteiger partial charge in [0.2, 0.25) is 53.2 Å². The first-order valence-corrected chi connectivity index (χ1v) is 29.7. The van der Waals surface area contributed by atoms with Crippen molar-refractivity contribution in [2.75, 3.05) is 55.4 Å². The number of ether oxygens (including phenoxy) is 2. The predicted molar refractivity (Wildman–Crippen MR) is 317 cm³/mol. The Morgan fingerprint density at radius 1 is 0.643 bits per heavy atom. The Balaban J connectivity index is 2.31. The Hall–Kier alpha value is -6.81. The quantitative estimate of drug-likeness (QED) is 0.219. The maximum Gasteiger partial charge on any atom is 0.329 e. The number of hydrogen-bond acceptors (Lipinski definition) is 13. The largest absolute Gasteiger partial charge is 0.497 e. The second kappa shape index (κ2) is 31.4. The average Bonchev–Trinajstić information content (AvgIpc) is 3.43. The zero-order valence-corrected chi connectivity index (χ0v) is 53.7. The van der Waals surface area contributed by atoms with Gasteiger partial charge in [-0.25, -0.2) is 4.79 Å². The fourth-order valence-corrected chi connectivity index (χ4v) is 11.1. The number of cyclic esters (lactones) is 1. The number of likely N-dealkylation sites (N-methyl/N-ethyl adjacent to an activating group) is 5. The van der Waals surface area contributed by atoms with Gasteiger partial charge in [-0.05, 0) is 94.2 Å². The van der Waals surface area contributed by atoms with E-state index in [4.69, 9.17) is 9.47 Å². The van der Waals surface area contributed by atoms with E-state index in [2.05, 4.69) is 21.3 Å². The summed E-state index contributed by atoms with van der Waals surface area (Å²) in [7, 11) is 8.52. The first kappa shape index (κ1) is 71.5. The lowest BCUT2D eigenvalue weighted by Crippen LogP contribution is -2.63. The van der Waals surface area contributed by atoms with Crippen LogP contribution < -0.4 is 26.0 Å². The van der Waals surface area contributed by atoms with Crippen LogP contribution in [-0.2, 0) is 63.9 Å². The summed E-state index contributed by atoms with van der Waals surface area (Å²) in [5.41, 5.74) is -0.161. The number of piperidine rings is 1. The van der Waals surface area contributed by atoms with Crippen LogP contribution in [0.5, 0.6) is 5.75 Å². The van der Waals surface area contributed by atoms with E-state index in [0.29, 0.717) is 37.0 Å². The number of nitrogens with one attached hydrogen (secondary N) is 4. The molecule has 2 fully saturated rings. The van der Waals surface area contributed by atoms with Crippen molar-refractivity contribution in [2.45, 2.75) is 202 Å². The summed E-state index contributed by atoms with van der Waals surface area (Å²) in [6, 6.07) is -3.41. The molecule has 2 aliphatic rings. The van der Waals surface area contributed by atoms with Crippen molar-refractivity contribution in [3.05, 3.63) is 29.8 Å². The van der Waals surface area contributed by atoms with Gasteiger partial charge in [0.05, 0.1) is 20.1 Å². The molecule has 2 aliphatic heterocycles. The Morgan fingerprint density at radius 2 is 1.17 bits per heavy atom. The van der Waals surface area contributed by atoms with E-state index < -0.39 is 168 Å². The van der Waals surface area contributed by atoms with E-state index in [0.717, 1.165) is 9.80 Å². The lowest BCUT2D eigenvalue weighted by Gasteiger charge is -2.41. The Kier molecular flexibility index (Phi) is 26.7. The Morgan fingerprint density at radius 3 is 1.69 bits per heavy atom. The Bertz CT molecular complexity index is 2500. The third kappa shape index (κ3) is 18.3. The number of nitrogens with zero attached hydrogens (tertiary/aromatic N) is 6. The summed E-state index contributed by atoms with van der Waals surface area (Å²) in [5.74, 6) is -9.97. The van der Waals surface area contributed by atoms with Crippen molar-refractivity contribution in [3.8, 4) is 5.75 Å². The molecule has 2 heterocycles. The van der Waals surface area contributed by atoms with Crippen molar-refractivity contribution in [2.24, 2.45) is 29.6 Å². The number of hydrogen-bond donors (Lipinski definition) is 4. The minimum Gasteiger partial charge on any atom is -0.497 e. The first-order chi connectivity index (χ1) is 39.1. The molecule has 11 atom stereocenters. The van der Waals surface area contributed by atoms with E-state index in [1.165, 1.54) is 68.9 Å². The standard InChI is InChI=1S/C61H100N10O13/c1-21-37(9)50-52(74)62-33-46(73)67(16)48(35(5)6)53(75)63-42(31-40-26-28-41(83-20)29-27-40)60(82)84-39(11)55(77)71-30-24-23-25-43(71)56(78)68(17)49(36(7)8)54(76)64-47(34(3)4)58(80)66(15)44(32-45(72)65-61(12,13)14)57(79)70(19)51(38(10)22-2)59(81)69(50)18/h26-29,34-39,42-44,47-51H,21-25,30-33H2,1-20H3,(H,62,74)(H,63,75)(H,64,76)(H,65,72)/t37-,38+,39-,42+,43+,44-,47+,48+,49+,50+,51+/m1/s1. The molecule has 4 N–H and O–H groups in total. The van der Waals surface area contributed by atoms with Crippen LogP contribution in [0.3, 0.4) is 0 Å². The van der Waals surface area contributed by atoms with E-state index >= 15 is 14.4 Å². The maximum atomic E-state index is 15.2. The number of carbonyl (C=O) groups excluding carboxylic acids is 11. The van der Waals surface area contributed by atoms with Crippen LogP contribution in [-0.4, -0.2) is 210 Å². The molecule has 23 heteroatoms. The lowest BCUT2D eigenvalue weighted by atomic mass is 9.92. The lowest BCUT2D eigenvalue weighted by molar-refractivity contribution is -0.165. The monoisotopic (exact) mass is 1180 g/mol. The maximum absolute atomic E-state index is 15.2. The summed E-state index contributed by atoms with van der Waals surface area (Å²) in [6.07, 6.45) is -0.0438. The van der Waals surface area contributed by atoms with Gasteiger partial charge in [0.15, 0.2) is 6.10 Å². The van der Waals surface area contributed by atoms with Gasteiger partial charge < -0.3 is 60.1 Å². The van der Waals surface area contributed by atoms with Crippen LogP contribution in [0.25, 0.3) is 0 Å². The molecule has 3 rings (SSSR count). The summed E-state index contributed by atoms with van der Waals surface area (Å²) < 4.78 is 11.2. The summed E-state index contributed by atoms with van der Waals surface area (Å²) >= 11 is 0. The average molecular weight is 1180 g/mol. The van der Waals surface area contributed by atoms with Crippen LogP contribution in [0, 0.1) is 29.6 Å². The van der Waals surface area contributed by atoms with Crippen molar-refractivity contribution < 1.29 is 62.2 Å². The number of fused-ring (bicyclic) bond motifs is 1. The summed E-state index contributed by atoms with van der Waals surface area (Å²) in [6.45, 7) is 23.6. The zero-order valence-electron chi connectivity index (χ0n) is 53.7. The molecule has 2 saturated heterocycles. The van der Waals surface area contributed by atoms with E-state index in [1.54, 1.807) is 100 Å². The minimum absolute atomic E-state index is 0.109.